The van der Waals surface area contributed by atoms with Gasteiger partial charge in [0.05, 0.1) is 6.54 Å². The summed E-state index contributed by atoms with van der Waals surface area (Å²) in [6.45, 7) is 1.15. The molecule has 0 spiro atoms. The Hall–Kier alpha value is -2.30. The van der Waals surface area contributed by atoms with E-state index in [2.05, 4.69) is 17.1 Å². The minimum absolute atomic E-state index is 0.0977. The summed E-state index contributed by atoms with van der Waals surface area (Å²) in [4.78, 5) is 15.2. The third kappa shape index (κ3) is 2.71. The summed E-state index contributed by atoms with van der Waals surface area (Å²) >= 11 is 0. The number of aromatic nitrogens is 2. The van der Waals surface area contributed by atoms with Gasteiger partial charge in [0.15, 0.2) is 6.10 Å². The molecule has 130 valence electrons. The summed E-state index contributed by atoms with van der Waals surface area (Å²) in [7, 11) is 0. The minimum atomic E-state index is -0.268. The van der Waals surface area contributed by atoms with Gasteiger partial charge in [-0.2, -0.15) is 4.98 Å². The predicted molar refractivity (Wildman–Crippen MR) is 93.2 cm³/mol. The van der Waals surface area contributed by atoms with Crippen LogP contribution in [0.15, 0.2) is 51.7 Å². The molecule has 1 unspecified atom stereocenters. The van der Waals surface area contributed by atoms with E-state index in [-0.39, 0.29) is 11.7 Å². The largest absolute Gasteiger partial charge is 0.490 e. The van der Waals surface area contributed by atoms with E-state index in [1.807, 2.05) is 4.57 Å². The fourth-order valence-corrected chi connectivity index (χ4v) is 4.57. The number of hydrogen-bond donors (Lipinski definition) is 0. The molecule has 1 aromatic heterocycles. The zero-order valence-corrected chi connectivity index (χ0v) is 14.2. The SMILES string of the molecule is O=c1ccn2c(n1)O[C@H](COC1=CCC3=C4CCCCC4CC3=C1)C2. The van der Waals surface area contributed by atoms with Crippen LogP contribution in [-0.4, -0.2) is 22.3 Å². The molecule has 0 bridgehead atoms. The van der Waals surface area contributed by atoms with Crippen LogP contribution in [-0.2, 0) is 11.3 Å². The molecule has 3 aliphatic carbocycles. The Kier molecular flexibility index (Phi) is 3.54. The monoisotopic (exact) mass is 338 g/mol. The average Bonchev–Trinajstić information content (AvgIpc) is 3.19. The zero-order valence-electron chi connectivity index (χ0n) is 14.2. The van der Waals surface area contributed by atoms with Crippen molar-refractivity contribution in [3.05, 3.63) is 57.2 Å². The summed E-state index contributed by atoms with van der Waals surface area (Å²) in [5.41, 5.74) is 4.53. The second kappa shape index (κ2) is 5.90. The Morgan fingerprint density at radius 1 is 1.36 bits per heavy atom. The van der Waals surface area contributed by atoms with E-state index in [1.54, 1.807) is 17.3 Å². The van der Waals surface area contributed by atoms with Gasteiger partial charge in [0.25, 0.3) is 11.6 Å². The van der Waals surface area contributed by atoms with Crippen molar-refractivity contribution in [1.82, 2.24) is 9.55 Å². The number of rotatable bonds is 3. The van der Waals surface area contributed by atoms with E-state index in [9.17, 15) is 4.79 Å². The van der Waals surface area contributed by atoms with Gasteiger partial charge in [-0.3, -0.25) is 9.36 Å². The first-order valence-corrected chi connectivity index (χ1v) is 9.26. The van der Waals surface area contributed by atoms with Crippen LogP contribution < -0.4 is 10.3 Å². The number of fused-ring (bicyclic) bond motifs is 3. The molecule has 2 atom stereocenters. The molecule has 1 saturated carbocycles. The highest BCUT2D eigenvalue weighted by Gasteiger charge is 2.32. The fraction of sp³-hybridized carbons (Fsp3) is 0.500. The van der Waals surface area contributed by atoms with Crippen molar-refractivity contribution < 1.29 is 9.47 Å². The van der Waals surface area contributed by atoms with Crippen molar-refractivity contribution in [2.24, 2.45) is 5.92 Å². The molecular formula is C20H22N2O3. The third-order valence-corrected chi connectivity index (χ3v) is 5.76. The standard InChI is InChI=1S/C20H22N2O3/c23-19-7-8-22-11-16(25-20(22)21-19)12-24-15-5-6-18-14(10-15)9-13-3-1-2-4-17(13)18/h5,7-8,10,13,16H,1-4,6,9,11-12H2/t13?,16-/m0/s1. The summed E-state index contributed by atoms with van der Waals surface area (Å²) < 4.78 is 13.6. The summed E-state index contributed by atoms with van der Waals surface area (Å²) in [5.74, 6) is 1.75. The zero-order chi connectivity index (χ0) is 16.8. The Bertz CT molecular complexity index is 862. The maximum atomic E-state index is 11.3. The molecule has 0 saturated heterocycles. The lowest BCUT2D eigenvalue weighted by molar-refractivity contribution is 0.104. The molecule has 5 nitrogen and oxygen atoms in total. The minimum Gasteiger partial charge on any atom is -0.490 e. The molecule has 1 fully saturated rings. The first kappa shape index (κ1) is 15.0. The van der Waals surface area contributed by atoms with Crippen molar-refractivity contribution in [2.45, 2.75) is 51.2 Å². The maximum absolute atomic E-state index is 11.3. The van der Waals surface area contributed by atoms with Crippen LogP contribution in [0.4, 0.5) is 0 Å². The normalized spacial score (nSPS) is 27.0. The van der Waals surface area contributed by atoms with Gasteiger partial charge >= 0.3 is 0 Å². The average molecular weight is 338 g/mol. The maximum Gasteiger partial charge on any atom is 0.300 e. The van der Waals surface area contributed by atoms with Crippen LogP contribution in [0.2, 0.25) is 0 Å². The molecule has 5 heteroatoms. The predicted octanol–water partition coefficient (Wildman–Crippen LogP) is 3.13. The van der Waals surface area contributed by atoms with E-state index in [1.165, 1.54) is 43.7 Å². The molecule has 2 heterocycles. The van der Waals surface area contributed by atoms with E-state index in [0.29, 0.717) is 19.2 Å². The van der Waals surface area contributed by atoms with Crippen molar-refractivity contribution in [3.63, 3.8) is 0 Å². The van der Waals surface area contributed by atoms with Crippen molar-refractivity contribution >= 4 is 0 Å². The fourth-order valence-electron chi connectivity index (χ4n) is 4.57. The van der Waals surface area contributed by atoms with Crippen LogP contribution in [0, 0.1) is 5.92 Å². The quantitative estimate of drug-likeness (QED) is 0.850. The Labute approximate surface area is 146 Å². The topological polar surface area (TPSA) is 53.4 Å². The number of ether oxygens (including phenoxy) is 2. The van der Waals surface area contributed by atoms with E-state index in [4.69, 9.17) is 9.47 Å². The first-order chi connectivity index (χ1) is 12.3. The molecule has 1 aliphatic heterocycles. The molecule has 0 N–H and O–H groups in total. The number of hydrogen-bond acceptors (Lipinski definition) is 4. The highest BCUT2D eigenvalue weighted by atomic mass is 16.6. The molecule has 1 aromatic rings. The van der Waals surface area contributed by atoms with E-state index in [0.717, 1.165) is 18.1 Å². The highest BCUT2D eigenvalue weighted by Crippen LogP contribution is 2.47. The van der Waals surface area contributed by atoms with Gasteiger partial charge in [-0.05, 0) is 61.3 Å². The van der Waals surface area contributed by atoms with Crippen molar-refractivity contribution in [3.8, 4) is 6.01 Å². The smallest absolute Gasteiger partial charge is 0.300 e. The van der Waals surface area contributed by atoms with Crippen molar-refractivity contribution in [2.75, 3.05) is 6.61 Å². The molecule has 0 amide bonds. The van der Waals surface area contributed by atoms with Gasteiger partial charge in [0.1, 0.15) is 12.4 Å². The van der Waals surface area contributed by atoms with Gasteiger partial charge in [-0.1, -0.05) is 12.0 Å². The lowest BCUT2D eigenvalue weighted by Gasteiger charge is -2.20. The van der Waals surface area contributed by atoms with Crippen LogP contribution in [0.5, 0.6) is 6.01 Å². The van der Waals surface area contributed by atoms with Gasteiger partial charge in [0.2, 0.25) is 0 Å². The van der Waals surface area contributed by atoms with Crippen LogP contribution >= 0.6 is 0 Å². The summed E-state index contributed by atoms with van der Waals surface area (Å²) in [5, 5.41) is 0. The van der Waals surface area contributed by atoms with Gasteiger partial charge in [0, 0.05) is 12.3 Å². The molecule has 0 radical (unpaired) electrons. The van der Waals surface area contributed by atoms with Gasteiger partial charge in [-0.25, -0.2) is 0 Å². The lowest BCUT2D eigenvalue weighted by atomic mass is 9.85. The molecule has 0 aromatic carbocycles. The Morgan fingerprint density at radius 3 is 3.28 bits per heavy atom. The molecule has 25 heavy (non-hydrogen) atoms. The number of allylic oxidation sites excluding steroid dienone is 5. The van der Waals surface area contributed by atoms with E-state index < -0.39 is 0 Å². The summed E-state index contributed by atoms with van der Waals surface area (Å²) in [6.07, 6.45) is 13.6. The Balaban J connectivity index is 1.23. The molecule has 4 aliphatic rings. The van der Waals surface area contributed by atoms with Crippen LogP contribution in [0.3, 0.4) is 0 Å². The Morgan fingerprint density at radius 2 is 2.32 bits per heavy atom. The van der Waals surface area contributed by atoms with Crippen LogP contribution in [0.1, 0.15) is 38.5 Å². The van der Waals surface area contributed by atoms with Gasteiger partial charge in [-0.15, -0.1) is 0 Å². The second-order valence-electron chi connectivity index (χ2n) is 7.38. The molecule has 5 rings (SSSR count). The molecular weight excluding hydrogens is 316 g/mol. The third-order valence-electron chi connectivity index (χ3n) is 5.76. The highest BCUT2D eigenvalue weighted by molar-refractivity contribution is 5.50. The van der Waals surface area contributed by atoms with Crippen LogP contribution in [0.25, 0.3) is 0 Å². The second-order valence-corrected chi connectivity index (χ2v) is 7.38. The summed E-state index contributed by atoms with van der Waals surface area (Å²) in [6, 6.07) is 1.85. The van der Waals surface area contributed by atoms with E-state index >= 15 is 0 Å². The van der Waals surface area contributed by atoms with Gasteiger partial charge < -0.3 is 9.47 Å². The van der Waals surface area contributed by atoms with Crippen molar-refractivity contribution in [1.29, 1.82) is 0 Å². The first-order valence-electron chi connectivity index (χ1n) is 9.26. The number of nitrogens with zero attached hydrogens (tertiary/aromatic N) is 2. The lowest BCUT2D eigenvalue weighted by Crippen LogP contribution is -2.21.